The molecular formula is C11H11FN2. The number of nitrogens with one attached hydrogen (secondary N) is 1. The third kappa shape index (κ3) is 1.37. The molecule has 0 aliphatic carbocycles. The third-order valence-corrected chi connectivity index (χ3v) is 2.24. The van der Waals surface area contributed by atoms with Crippen molar-refractivity contribution in [3.8, 4) is 11.3 Å². The molecule has 0 saturated heterocycles. The number of hydrogen-bond donors (Lipinski definition) is 2. The highest BCUT2D eigenvalue weighted by Crippen LogP contribution is 2.25. The molecule has 0 fully saturated rings. The monoisotopic (exact) mass is 190 g/mol. The van der Waals surface area contributed by atoms with Crippen molar-refractivity contribution in [2.75, 3.05) is 5.73 Å². The van der Waals surface area contributed by atoms with Crippen LogP contribution in [0.5, 0.6) is 0 Å². The summed E-state index contributed by atoms with van der Waals surface area (Å²) in [6.45, 7) is 1.79. The van der Waals surface area contributed by atoms with Crippen molar-refractivity contribution >= 4 is 5.69 Å². The van der Waals surface area contributed by atoms with E-state index in [2.05, 4.69) is 4.98 Å². The second-order valence-corrected chi connectivity index (χ2v) is 3.27. The van der Waals surface area contributed by atoms with Gasteiger partial charge < -0.3 is 10.7 Å². The molecule has 1 heterocycles. The predicted molar refractivity (Wildman–Crippen MR) is 55.3 cm³/mol. The summed E-state index contributed by atoms with van der Waals surface area (Å²) in [5, 5.41) is 0. The zero-order valence-electron chi connectivity index (χ0n) is 7.84. The summed E-state index contributed by atoms with van der Waals surface area (Å²) < 4.78 is 13.5. The highest BCUT2D eigenvalue weighted by molar-refractivity contribution is 5.66. The van der Waals surface area contributed by atoms with Gasteiger partial charge in [-0.1, -0.05) is 0 Å². The van der Waals surface area contributed by atoms with Crippen LogP contribution in [-0.4, -0.2) is 4.98 Å². The summed E-state index contributed by atoms with van der Waals surface area (Å²) in [5.41, 5.74) is 8.34. The van der Waals surface area contributed by atoms with E-state index in [4.69, 9.17) is 5.73 Å². The maximum atomic E-state index is 13.5. The van der Waals surface area contributed by atoms with E-state index >= 15 is 0 Å². The molecule has 1 aromatic carbocycles. The Labute approximate surface area is 81.6 Å². The van der Waals surface area contributed by atoms with Crippen LogP contribution in [0.25, 0.3) is 11.3 Å². The maximum absolute atomic E-state index is 13.5. The molecule has 0 radical (unpaired) electrons. The molecule has 0 aliphatic rings. The van der Waals surface area contributed by atoms with Gasteiger partial charge in [0, 0.05) is 23.1 Å². The van der Waals surface area contributed by atoms with Crippen molar-refractivity contribution in [3.05, 3.63) is 41.8 Å². The van der Waals surface area contributed by atoms with Crippen LogP contribution in [0, 0.1) is 12.7 Å². The number of halogens is 1. The van der Waals surface area contributed by atoms with Crippen LogP contribution in [0.15, 0.2) is 30.5 Å². The lowest BCUT2D eigenvalue weighted by Gasteiger charge is -2.05. The Hall–Kier alpha value is -1.77. The van der Waals surface area contributed by atoms with Gasteiger partial charge in [0.1, 0.15) is 5.82 Å². The van der Waals surface area contributed by atoms with Crippen LogP contribution in [0.1, 0.15) is 5.56 Å². The normalized spacial score (nSPS) is 10.4. The number of H-pyrrole nitrogens is 1. The van der Waals surface area contributed by atoms with Gasteiger partial charge in [0.05, 0.1) is 0 Å². The molecule has 72 valence electrons. The van der Waals surface area contributed by atoms with Gasteiger partial charge in [0.2, 0.25) is 0 Å². The summed E-state index contributed by atoms with van der Waals surface area (Å²) in [6.07, 6.45) is 1.75. The van der Waals surface area contributed by atoms with Crippen molar-refractivity contribution < 1.29 is 4.39 Å². The second-order valence-electron chi connectivity index (χ2n) is 3.27. The van der Waals surface area contributed by atoms with Gasteiger partial charge in [-0.2, -0.15) is 0 Å². The van der Waals surface area contributed by atoms with Crippen LogP contribution in [0.4, 0.5) is 10.1 Å². The molecule has 0 unspecified atom stereocenters. The number of hydrogen-bond acceptors (Lipinski definition) is 1. The minimum absolute atomic E-state index is 0.251. The fraction of sp³-hybridized carbons (Fsp3) is 0.0909. The SMILES string of the molecule is Cc1cc(F)c(-c2ccc[nH]2)cc1N. The number of nitrogen functional groups attached to an aromatic ring is 1. The summed E-state index contributed by atoms with van der Waals surface area (Å²) in [7, 11) is 0. The van der Waals surface area contributed by atoms with Crippen molar-refractivity contribution in [2.24, 2.45) is 0 Å². The van der Waals surface area contributed by atoms with Crippen LogP contribution in [-0.2, 0) is 0 Å². The Morgan fingerprint density at radius 2 is 2.14 bits per heavy atom. The lowest BCUT2D eigenvalue weighted by Crippen LogP contribution is -1.93. The van der Waals surface area contributed by atoms with Gasteiger partial charge in [-0.15, -0.1) is 0 Å². The molecule has 0 spiro atoms. The first-order chi connectivity index (χ1) is 6.68. The first-order valence-corrected chi connectivity index (χ1v) is 4.38. The van der Waals surface area contributed by atoms with E-state index in [1.165, 1.54) is 6.07 Å². The van der Waals surface area contributed by atoms with E-state index in [1.54, 1.807) is 19.2 Å². The number of aromatic amines is 1. The predicted octanol–water partition coefficient (Wildman–Crippen LogP) is 2.71. The quantitative estimate of drug-likeness (QED) is 0.667. The Balaban J connectivity index is 2.60. The van der Waals surface area contributed by atoms with Crippen LogP contribution in [0.3, 0.4) is 0 Å². The lowest BCUT2D eigenvalue weighted by atomic mass is 10.1. The second kappa shape index (κ2) is 3.18. The molecule has 0 amide bonds. The van der Waals surface area contributed by atoms with Crippen molar-refractivity contribution in [1.82, 2.24) is 4.98 Å². The molecule has 3 heteroatoms. The van der Waals surface area contributed by atoms with E-state index in [0.717, 1.165) is 11.3 Å². The molecule has 0 bridgehead atoms. The number of rotatable bonds is 1. The number of nitrogens with two attached hydrogens (primary N) is 1. The molecule has 14 heavy (non-hydrogen) atoms. The Kier molecular flexibility index (Phi) is 2.00. The van der Waals surface area contributed by atoms with E-state index in [0.29, 0.717) is 11.3 Å². The fourth-order valence-corrected chi connectivity index (χ4v) is 1.39. The minimum Gasteiger partial charge on any atom is -0.398 e. The van der Waals surface area contributed by atoms with Gasteiger partial charge in [0.15, 0.2) is 0 Å². The molecule has 2 rings (SSSR count). The average molecular weight is 190 g/mol. The van der Waals surface area contributed by atoms with Crippen LogP contribution < -0.4 is 5.73 Å². The van der Waals surface area contributed by atoms with E-state index in [-0.39, 0.29) is 5.82 Å². The van der Waals surface area contributed by atoms with E-state index in [1.807, 2.05) is 12.1 Å². The summed E-state index contributed by atoms with van der Waals surface area (Å²) in [4.78, 5) is 2.95. The van der Waals surface area contributed by atoms with Crippen LogP contribution >= 0.6 is 0 Å². The molecule has 0 saturated carbocycles. The summed E-state index contributed by atoms with van der Waals surface area (Å²) in [5.74, 6) is -0.251. The van der Waals surface area contributed by atoms with Crippen molar-refractivity contribution in [3.63, 3.8) is 0 Å². The van der Waals surface area contributed by atoms with Gasteiger partial charge in [-0.25, -0.2) is 4.39 Å². The first kappa shape index (κ1) is 8.81. The largest absolute Gasteiger partial charge is 0.398 e. The van der Waals surface area contributed by atoms with E-state index in [9.17, 15) is 4.39 Å². The van der Waals surface area contributed by atoms with Gasteiger partial charge in [-0.05, 0) is 36.8 Å². The Morgan fingerprint density at radius 1 is 1.36 bits per heavy atom. The number of anilines is 1. The first-order valence-electron chi connectivity index (χ1n) is 4.38. The van der Waals surface area contributed by atoms with Gasteiger partial charge >= 0.3 is 0 Å². The smallest absolute Gasteiger partial charge is 0.132 e. The highest BCUT2D eigenvalue weighted by Gasteiger charge is 2.07. The number of aryl methyl sites for hydroxylation is 1. The van der Waals surface area contributed by atoms with Crippen molar-refractivity contribution in [2.45, 2.75) is 6.92 Å². The highest BCUT2D eigenvalue weighted by atomic mass is 19.1. The third-order valence-electron chi connectivity index (χ3n) is 2.24. The number of benzene rings is 1. The minimum atomic E-state index is -0.251. The summed E-state index contributed by atoms with van der Waals surface area (Å²) in [6, 6.07) is 6.74. The molecule has 0 aliphatic heterocycles. The molecular weight excluding hydrogens is 179 g/mol. The Bertz CT molecular complexity index is 447. The maximum Gasteiger partial charge on any atom is 0.132 e. The van der Waals surface area contributed by atoms with E-state index < -0.39 is 0 Å². The molecule has 1 aromatic heterocycles. The van der Waals surface area contributed by atoms with Crippen molar-refractivity contribution in [1.29, 1.82) is 0 Å². The fourth-order valence-electron chi connectivity index (χ4n) is 1.39. The van der Waals surface area contributed by atoms with Crippen LogP contribution in [0.2, 0.25) is 0 Å². The molecule has 2 nitrogen and oxygen atoms in total. The molecule has 3 N–H and O–H groups in total. The summed E-state index contributed by atoms with van der Waals surface area (Å²) >= 11 is 0. The zero-order chi connectivity index (χ0) is 10.1. The zero-order valence-corrected chi connectivity index (χ0v) is 7.84. The van der Waals surface area contributed by atoms with Gasteiger partial charge in [0.25, 0.3) is 0 Å². The average Bonchev–Trinajstić information content (AvgIpc) is 2.64. The molecule has 2 aromatic rings. The standard InChI is InChI=1S/C11H11FN2/c1-7-5-9(12)8(6-10(7)13)11-3-2-4-14-11/h2-6,14H,13H2,1H3. The molecule has 0 atom stereocenters. The van der Waals surface area contributed by atoms with Gasteiger partial charge in [-0.3, -0.25) is 0 Å². The topological polar surface area (TPSA) is 41.8 Å². The lowest BCUT2D eigenvalue weighted by molar-refractivity contribution is 0.630. The Morgan fingerprint density at radius 3 is 2.79 bits per heavy atom. The number of aromatic nitrogens is 1.